The predicted molar refractivity (Wildman–Crippen MR) is 84.5 cm³/mol. The minimum Gasteiger partial charge on any atom is -0.496 e. The SMILES string of the molecule is COc1ccccc1-c1cc(Cl)nc(-c2ccccc2)n1. The maximum absolute atomic E-state index is 6.15. The smallest absolute Gasteiger partial charge is 0.161 e. The largest absolute Gasteiger partial charge is 0.496 e. The Kier molecular flexibility index (Phi) is 3.84. The molecule has 2 aromatic carbocycles. The molecule has 21 heavy (non-hydrogen) atoms. The second kappa shape index (κ2) is 5.94. The minimum atomic E-state index is 0.407. The summed E-state index contributed by atoms with van der Waals surface area (Å²) in [7, 11) is 1.64. The third-order valence-electron chi connectivity index (χ3n) is 3.11. The number of para-hydroxylation sites is 1. The predicted octanol–water partition coefficient (Wildman–Crippen LogP) is 4.47. The highest BCUT2D eigenvalue weighted by Gasteiger charge is 2.10. The topological polar surface area (TPSA) is 35.0 Å². The number of halogens is 1. The Morgan fingerprint density at radius 2 is 1.62 bits per heavy atom. The van der Waals surface area contributed by atoms with Gasteiger partial charge in [-0.3, -0.25) is 0 Å². The summed E-state index contributed by atoms with van der Waals surface area (Å²) < 4.78 is 5.38. The Morgan fingerprint density at radius 3 is 2.38 bits per heavy atom. The molecule has 0 unspecified atom stereocenters. The highest BCUT2D eigenvalue weighted by molar-refractivity contribution is 6.29. The van der Waals surface area contributed by atoms with Crippen LogP contribution in [0.3, 0.4) is 0 Å². The maximum Gasteiger partial charge on any atom is 0.161 e. The molecule has 3 rings (SSSR count). The van der Waals surface area contributed by atoms with Crippen molar-refractivity contribution in [1.29, 1.82) is 0 Å². The lowest BCUT2D eigenvalue weighted by molar-refractivity contribution is 0.416. The van der Waals surface area contributed by atoms with Gasteiger partial charge >= 0.3 is 0 Å². The summed E-state index contributed by atoms with van der Waals surface area (Å²) in [6, 6.07) is 19.2. The van der Waals surface area contributed by atoms with Crippen molar-refractivity contribution in [3.8, 4) is 28.4 Å². The zero-order chi connectivity index (χ0) is 14.7. The van der Waals surface area contributed by atoms with Crippen LogP contribution in [0.2, 0.25) is 5.15 Å². The van der Waals surface area contributed by atoms with Crippen molar-refractivity contribution in [2.24, 2.45) is 0 Å². The van der Waals surface area contributed by atoms with Gasteiger partial charge in [-0.1, -0.05) is 54.1 Å². The molecular formula is C17H13ClN2O. The first kappa shape index (κ1) is 13.6. The molecule has 0 bridgehead atoms. The number of nitrogens with zero attached hydrogens (tertiary/aromatic N) is 2. The van der Waals surface area contributed by atoms with E-state index in [0.29, 0.717) is 11.0 Å². The van der Waals surface area contributed by atoms with Gasteiger partial charge < -0.3 is 4.74 Å². The van der Waals surface area contributed by atoms with Gasteiger partial charge in [-0.25, -0.2) is 9.97 Å². The van der Waals surface area contributed by atoms with Gasteiger partial charge in [0.1, 0.15) is 10.9 Å². The molecule has 0 fully saturated rings. The van der Waals surface area contributed by atoms with Crippen molar-refractivity contribution in [1.82, 2.24) is 9.97 Å². The van der Waals surface area contributed by atoms with Crippen LogP contribution in [-0.4, -0.2) is 17.1 Å². The van der Waals surface area contributed by atoms with E-state index in [0.717, 1.165) is 22.6 Å². The minimum absolute atomic E-state index is 0.407. The Morgan fingerprint density at radius 1 is 0.905 bits per heavy atom. The summed E-state index contributed by atoms with van der Waals surface area (Å²) in [5.41, 5.74) is 2.56. The average molecular weight is 297 g/mol. The van der Waals surface area contributed by atoms with E-state index in [4.69, 9.17) is 16.3 Å². The van der Waals surface area contributed by atoms with Crippen molar-refractivity contribution in [2.45, 2.75) is 0 Å². The molecular weight excluding hydrogens is 284 g/mol. The molecule has 3 nitrogen and oxygen atoms in total. The molecule has 0 N–H and O–H groups in total. The molecule has 0 saturated heterocycles. The van der Waals surface area contributed by atoms with Gasteiger partial charge in [-0.2, -0.15) is 0 Å². The number of rotatable bonds is 3. The monoisotopic (exact) mass is 296 g/mol. The van der Waals surface area contributed by atoms with Crippen LogP contribution in [0.1, 0.15) is 0 Å². The standard InChI is InChI=1S/C17H13ClN2O/c1-21-15-10-6-5-9-13(15)14-11-16(18)20-17(19-14)12-7-3-2-4-8-12/h2-11H,1H3. The second-order valence-electron chi connectivity index (χ2n) is 4.47. The summed E-state index contributed by atoms with van der Waals surface area (Å²) >= 11 is 6.15. The van der Waals surface area contributed by atoms with Crippen LogP contribution in [0.4, 0.5) is 0 Å². The summed E-state index contributed by atoms with van der Waals surface area (Å²) in [6.07, 6.45) is 0. The molecule has 1 heterocycles. The average Bonchev–Trinajstić information content (AvgIpc) is 2.55. The van der Waals surface area contributed by atoms with Crippen LogP contribution in [0.25, 0.3) is 22.6 Å². The third kappa shape index (κ3) is 2.88. The van der Waals surface area contributed by atoms with Gasteiger partial charge in [0, 0.05) is 17.2 Å². The van der Waals surface area contributed by atoms with E-state index in [1.54, 1.807) is 13.2 Å². The molecule has 0 aliphatic rings. The van der Waals surface area contributed by atoms with Crippen LogP contribution in [0.5, 0.6) is 5.75 Å². The quantitative estimate of drug-likeness (QED) is 0.669. The fraction of sp³-hybridized carbons (Fsp3) is 0.0588. The molecule has 4 heteroatoms. The zero-order valence-corrected chi connectivity index (χ0v) is 12.2. The number of hydrogen-bond acceptors (Lipinski definition) is 3. The first-order valence-corrected chi connectivity index (χ1v) is 6.89. The molecule has 0 saturated carbocycles. The van der Waals surface area contributed by atoms with Crippen molar-refractivity contribution >= 4 is 11.6 Å². The second-order valence-corrected chi connectivity index (χ2v) is 4.85. The van der Waals surface area contributed by atoms with E-state index in [1.165, 1.54) is 0 Å². The van der Waals surface area contributed by atoms with E-state index < -0.39 is 0 Å². The number of ether oxygens (including phenoxy) is 1. The van der Waals surface area contributed by atoms with Gasteiger partial charge in [0.15, 0.2) is 5.82 Å². The number of hydrogen-bond donors (Lipinski definition) is 0. The highest BCUT2D eigenvalue weighted by Crippen LogP contribution is 2.30. The molecule has 0 radical (unpaired) electrons. The third-order valence-corrected chi connectivity index (χ3v) is 3.30. The lowest BCUT2D eigenvalue weighted by Crippen LogP contribution is -1.95. The van der Waals surface area contributed by atoms with Crippen molar-refractivity contribution in [3.63, 3.8) is 0 Å². The summed E-state index contributed by atoms with van der Waals surface area (Å²) in [5, 5.41) is 0.407. The Hall–Kier alpha value is -2.39. The van der Waals surface area contributed by atoms with E-state index in [-0.39, 0.29) is 0 Å². The Bertz CT molecular complexity index is 760. The number of methoxy groups -OCH3 is 1. The van der Waals surface area contributed by atoms with Gasteiger partial charge in [-0.05, 0) is 12.1 Å². The maximum atomic E-state index is 6.15. The lowest BCUT2D eigenvalue weighted by Gasteiger charge is -2.09. The van der Waals surface area contributed by atoms with Crippen molar-refractivity contribution < 1.29 is 4.74 Å². The molecule has 0 atom stereocenters. The Balaban J connectivity index is 2.14. The molecule has 1 aromatic heterocycles. The van der Waals surface area contributed by atoms with Gasteiger partial charge in [0.05, 0.1) is 12.8 Å². The van der Waals surface area contributed by atoms with E-state index in [9.17, 15) is 0 Å². The van der Waals surface area contributed by atoms with Crippen LogP contribution in [0, 0.1) is 0 Å². The first-order valence-electron chi connectivity index (χ1n) is 6.51. The first-order chi connectivity index (χ1) is 10.3. The zero-order valence-electron chi connectivity index (χ0n) is 11.5. The molecule has 0 amide bonds. The summed E-state index contributed by atoms with van der Waals surface area (Å²) in [5.74, 6) is 1.36. The van der Waals surface area contributed by atoms with Crippen molar-refractivity contribution in [2.75, 3.05) is 7.11 Å². The lowest BCUT2D eigenvalue weighted by atomic mass is 10.1. The van der Waals surface area contributed by atoms with Gasteiger partial charge in [-0.15, -0.1) is 0 Å². The summed E-state index contributed by atoms with van der Waals surface area (Å²) in [4.78, 5) is 8.91. The molecule has 0 aliphatic heterocycles. The van der Waals surface area contributed by atoms with Crippen LogP contribution in [0.15, 0.2) is 60.7 Å². The van der Waals surface area contributed by atoms with Crippen LogP contribution < -0.4 is 4.74 Å². The number of benzene rings is 2. The van der Waals surface area contributed by atoms with E-state index in [2.05, 4.69) is 9.97 Å². The molecule has 3 aromatic rings. The Labute approximate surface area is 128 Å². The van der Waals surface area contributed by atoms with Crippen LogP contribution in [-0.2, 0) is 0 Å². The van der Waals surface area contributed by atoms with E-state index >= 15 is 0 Å². The number of aromatic nitrogens is 2. The van der Waals surface area contributed by atoms with E-state index in [1.807, 2.05) is 54.6 Å². The van der Waals surface area contributed by atoms with Crippen molar-refractivity contribution in [3.05, 3.63) is 65.8 Å². The van der Waals surface area contributed by atoms with Gasteiger partial charge in [0.25, 0.3) is 0 Å². The molecule has 0 spiro atoms. The normalized spacial score (nSPS) is 10.4. The molecule has 104 valence electrons. The highest BCUT2D eigenvalue weighted by atomic mass is 35.5. The fourth-order valence-electron chi connectivity index (χ4n) is 2.13. The summed E-state index contributed by atoms with van der Waals surface area (Å²) in [6.45, 7) is 0. The molecule has 0 aliphatic carbocycles. The van der Waals surface area contributed by atoms with Gasteiger partial charge in [0.2, 0.25) is 0 Å². The van der Waals surface area contributed by atoms with Crippen LogP contribution >= 0.6 is 11.6 Å². The fourth-order valence-corrected chi connectivity index (χ4v) is 2.31.